The third-order valence-corrected chi connectivity index (χ3v) is 4.24. The van der Waals surface area contributed by atoms with Crippen LogP contribution in [-0.4, -0.2) is 35.1 Å². The van der Waals surface area contributed by atoms with Gasteiger partial charge in [0, 0.05) is 6.04 Å². The van der Waals surface area contributed by atoms with Gasteiger partial charge in [0.15, 0.2) is 0 Å². The second-order valence-electron chi connectivity index (χ2n) is 5.73. The van der Waals surface area contributed by atoms with E-state index in [0.717, 1.165) is 32.2 Å². The Kier molecular flexibility index (Phi) is 3.90. The molecule has 1 heterocycles. The maximum atomic E-state index is 12.2. The number of carbonyl (C=O) groups excluding carboxylic acids is 1. The standard InChI is InChI=1S/C13H22N2O3/c1-13(6-2-3-7-14-13)12(18)15-10-5-4-9(8-10)11(16)17/h9-10,14H,2-8H2,1H3,(H,15,18)(H,16,17). The number of carboxylic acid groups (broad SMARTS) is 1. The molecule has 1 aliphatic carbocycles. The van der Waals surface area contributed by atoms with Crippen LogP contribution >= 0.6 is 0 Å². The van der Waals surface area contributed by atoms with Crippen molar-refractivity contribution in [3.63, 3.8) is 0 Å². The van der Waals surface area contributed by atoms with Crippen LogP contribution in [0.15, 0.2) is 0 Å². The molecule has 2 aliphatic rings. The molecule has 0 bridgehead atoms. The van der Waals surface area contributed by atoms with Crippen molar-refractivity contribution < 1.29 is 14.7 Å². The molecule has 0 radical (unpaired) electrons. The van der Waals surface area contributed by atoms with Crippen molar-refractivity contribution in [1.29, 1.82) is 0 Å². The highest BCUT2D eigenvalue weighted by atomic mass is 16.4. The number of rotatable bonds is 3. The summed E-state index contributed by atoms with van der Waals surface area (Å²) in [5.74, 6) is -1.01. The van der Waals surface area contributed by atoms with Crippen LogP contribution in [0.5, 0.6) is 0 Å². The molecule has 2 rings (SSSR count). The van der Waals surface area contributed by atoms with Gasteiger partial charge in [-0.15, -0.1) is 0 Å². The van der Waals surface area contributed by atoms with Gasteiger partial charge in [-0.2, -0.15) is 0 Å². The fourth-order valence-corrected chi connectivity index (χ4v) is 2.93. The van der Waals surface area contributed by atoms with Gasteiger partial charge in [-0.1, -0.05) is 0 Å². The molecule has 0 aromatic heterocycles. The summed E-state index contributed by atoms with van der Waals surface area (Å²) < 4.78 is 0. The lowest BCUT2D eigenvalue weighted by Crippen LogP contribution is -2.58. The Morgan fingerprint density at radius 2 is 2.11 bits per heavy atom. The normalized spacial score (nSPS) is 36.3. The average molecular weight is 254 g/mol. The Bertz CT molecular complexity index is 337. The SMILES string of the molecule is CC1(C(=O)NC2CCC(C(=O)O)C2)CCCCN1. The van der Waals surface area contributed by atoms with Crippen LogP contribution in [-0.2, 0) is 9.59 Å². The highest BCUT2D eigenvalue weighted by molar-refractivity contribution is 5.86. The van der Waals surface area contributed by atoms with E-state index >= 15 is 0 Å². The molecule has 5 heteroatoms. The van der Waals surface area contributed by atoms with Gasteiger partial charge in [0.25, 0.3) is 0 Å². The first-order valence-corrected chi connectivity index (χ1v) is 6.80. The second-order valence-corrected chi connectivity index (χ2v) is 5.73. The van der Waals surface area contributed by atoms with E-state index in [-0.39, 0.29) is 17.9 Å². The molecular weight excluding hydrogens is 232 g/mol. The third kappa shape index (κ3) is 2.83. The van der Waals surface area contributed by atoms with Crippen molar-refractivity contribution in [1.82, 2.24) is 10.6 Å². The first-order valence-electron chi connectivity index (χ1n) is 6.80. The minimum absolute atomic E-state index is 0.0261. The summed E-state index contributed by atoms with van der Waals surface area (Å²) in [6.07, 6.45) is 5.06. The second kappa shape index (κ2) is 5.26. The fourth-order valence-electron chi connectivity index (χ4n) is 2.93. The zero-order valence-electron chi connectivity index (χ0n) is 10.9. The van der Waals surface area contributed by atoms with Gasteiger partial charge in [-0.25, -0.2) is 0 Å². The summed E-state index contributed by atoms with van der Waals surface area (Å²) in [4.78, 5) is 23.1. The highest BCUT2D eigenvalue weighted by Gasteiger charge is 2.37. The lowest BCUT2D eigenvalue weighted by atomic mass is 9.89. The van der Waals surface area contributed by atoms with Crippen molar-refractivity contribution in [2.24, 2.45) is 5.92 Å². The van der Waals surface area contributed by atoms with Crippen LogP contribution in [0, 0.1) is 5.92 Å². The van der Waals surface area contributed by atoms with Crippen molar-refractivity contribution in [2.75, 3.05) is 6.54 Å². The average Bonchev–Trinajstić information content (AvgIpc) is 2.78. The van der Waals surface area contributed by atoms with Crippen LogP contribution in [0.3, 0.4) is 0 Å². The van der Waals surface area contributed by atoms with Crippen molar-refractivity contribution in [3.05, 3.63) is 0 Å². The number of aliphatic carboxylic acids is 1. The quantitative estimate of drug-likeness (QED) is 0.699. The molecule has 1 amide bonds. The largest absolute Gasteiger partial charge is 0.481 e. The van der Waals surface area contributed by atoms with Crippen LogP contribution < -0.4 is 10.6 Å². The topological polar surface area (TPSA) is 78.4 Å². The van der Waals surface area contributed by atoms with Crippen molar-refractivity contribution in [2.45, 2.75) is 57.0 Å². The van der Waals surface area contributed by atoms with E-state index in [1.807, 2.05) is 6.92 Å². The summed E-state index contributed by atoms with van der Waals surface area (Å²) in [7, 11) is 0. The van der Waals surface area contributed by atoms with Crippen molar-refractivity contribution in [3.8, 4) is 0 Å². The summed E-state index contributed by atoms with van der Waals surface area (Å²) in [5, 5.41) is 15.2. The zero-order valence-corrected chi connectivity index (χ0v) is 10.9. The first kappa shape index (κ1) is 13.3. The first-order chi connectivity index (χ1) is 8.51. The molecule has 1 saturated carbocycles. The lowest BCUT2D eigenvalue weighted by Gasteiger charge is -2.34. The third-order valence-electron chi connectivity index (χ3n) is 4.24. The molecular formula is C13H22N2O3. The summed E-state index contributed by atoms with van der Waals surface area (Å²) in [5.41, 5.74) is -0.473. The zero-order chi connectivity index (χ0) is 13.2. The fraction of sp³-hybridized carbons (Fsp3) is 0.846. The molecule has 0 aromatic rings. The smallest absolute Gasteiger partial charge is 0.306 e. The van der Waals surface area contributed by atoms with Crippen LogP contribution in [0.4, 0.5) is 0 Å². The van der Waals surface area contributed by atoms with E-state index in [1.165, 1.54) is 0 Å². The highest BCUT2D eigenvalue weighted by Crippen LogP contribution is 2.27. The van der Waals surface area contributed by atoms with Crippen LogP contribution in [0.2, 0.25) is 0 Å². The predicted octanol–water partition coefficient (Wildman–Crippen LogP) is 0.888. The molecule has 2 fully saturated rings. The molecule has 102 valence electrons. The maximum Gasteiger partial charge on any atom is 0.306 e. The molecule has 18 heavy (non-hydrogen) atoms. The van der Waals surface area contributed by atoms with Gasteiger partial charge in [-0.05, 0) is 52.0 Å². The monoisotopic (exact) mass is 254 g/mol. The summed E-state index contributed by atoms with van der Waals surface area (Å²) >= 11 is 0. The molecule has 5 nitrogen and oxygen atoms in total. The Labute approximate surface area is 107 Å². The van der Waals surface area contributed by atoms with E-state index in [4.69, 9.17) is 5.11 Å². The predicted molar refractivity (Wildman–Crippen MR) is 67.2 cm³/mol. The maximum absolute atomic E-state index is 12.2. The number of carbonyl (C=O) groups is 2. The van der Waals surface area contributed by atoms with Gasteiger partial charge in [-0.3, -0.25) is 9.59 Å². The summed E-state index contributed by atoms with van der Waals surface area (Å²) in [6, 6.07) is 0.0270. The van der Waals surface area contributed by atoms with Crippen molar-refractivity contribution >= 4 is 11.9 Å². The number of hydrogen-bond acceptors (Lipinski definition) is 3. The molecule has 0 aromatic carbocycles. The van der Waals surface area contributed by atoms with Gasteiger partial charge in [0.2, 0.25) is 5.91 Å². The Morgan fingerprint density at radius 3 is 2.67 bits per heavy atom. The van der Waals surface area contributed by atoms with E-state index in [2.05, 4.69) is 10.6 Å². The number of amides is 1. The Morgan fingerprint density at radius 1 is 1.33 bits per heavy atom. The minimum Gasteiger partial charge on any atom is -0.481 e. The van der Waals surface area contributed by atoms with Crippen LogP contribution in [0.25, 0.3) is 0 Å². The molecule has 3 atom stereocenters. The van der Waals surface area contributed by atoms with E-state index in [9.17, 15) is 9.59 Å². The Balaban J connectivity index is 1.86. The van der Waals surface area contributed by atoms with Crippen LogP contribution in [0.1, 0.15) is 45.4 Å². The summed E-state index contributed by atoms with van der Waals surface area (Å²) in [6.45, 7) is 2.82. The van der Waals surface area contributed by atoms with Gasteiger partial charge in [0.1, 0.15) is 0 Å². The minimum atomic E-state index is -0.742. The van der Waals surface area contributed by atoms with E-state index in [1.54, 1.807) is 0 Å². The number of carboxylic acids is 1. The molecule has 0 spiro atoms. The Hall–Kier alpha value is -1.10. The van der Waals surface area contributed by atoms with Gasteiger partial charge < -0.3 is 15.7 Å². The lowest BCUT2D eigenvalue weighted by molar-refractivity contribution is -0.141. The van der Waals surface area contributed by atoms with E-state index in [0.29, 0.717) is 12.8 Å². The van der Waals surface area contributed by atoms with Gasteiger partial charge >= 0.3 is 5.97 Å². The number of nitrogens with one attached hydrogen (secondary N) is 2. The molecule has 3 unspecified atom stereocenters. The van der Waals surface area contributed by atoms with Gasteiger partial charge in [0.05, 0.1) is 11.5 Å². The van der Waals surface area contributed by atoms with E-state index < -0.39 is 11.5 Å². The molecule has 3 N–H and O–H groups in total. The number of hydrogen-bond donors (Lipinski definition) is 3. The molecule has 1 saturated heterocycles. The molecule has 1 aliphatic heterocycles. The number of piperidine rings is 1.